The summed E-state index contributed by atoms with van der Waals surface area (Å²) in [5, 5.41) is 4.34. The van der Waals surface area contributed by atoms with Gasteiger partial charge >= 0.3 is 6.09 Å². The minimum absolute atomic E-state index is 0.209. The fraction of sp³-hybridized carbons (Fsp3) is 0.692. The first-order valence-electron chi connectivity index (χ1n) is 6.30. The molecule has 0 atom stereocenters. The molecule has 0 unspecified atom stereocenters. The van der Waals surface area contributed by atoms with Gasteiger partial charge in [0.2, 0.25) is 0 Å². The van der Waals surface area contributed by atoms with Gasteiger partial charge in [0.15, 0.2) is 0 Å². The van der Waals surface area contributed by atoms with Crippen molar-refractivity contribution in [2.24, 2.45) is 13.0 Å². The normalized spacial score (nSPS) is 16.6. The molecule has 18 heavy (non-hydrogen) atoms. The molecule has 0 radical (unpaired) electrons. The third-order valence-corrected chi connectivity index (χ3v) is 2.88. The summed E-state index contributed by atoms with van der Waals surface area (Å²) in [6, 6.07) is 2.02. The molecule has 2 heterocycles. The molecular formula is C13H21N3O2. The van der Waals surface area contributed by atoms with Crippen LogP contribution in [0.2, 0.25) is 0 Å². The summed E-state index contributed by atoms with van der Waals surface area (Å²) in [7, 11) is 1.91. The lowest BCUT2D eigenvalue weighted by molar-refractivity contribution is -0.00102. The minimum Gasteiger partial charge on any atom is -0.444 e. The van der Waals surface area contributed by atoms with Crippen molar-refractivity contribution in [3.05, 3.63) is 18.0 Å². The van der Waals surface area contributed by atoms with Crippen LogP contribution in [0.25, 0.3) is 0 Å². The standard InChI is InChI=1S/C13H21N3O2/c1-13(2,3)18-12(17)16-8-10(9-16)7-11-5-6-15(4)14-11/h5-6,10H,7-9H2,1-4H3. The van der Waals surface area contributed by atoms with E-state index < -0.39 is 5.60 Å². The number of carbonyl (C=O) groups excluding carboxylic acids is 1. The van der Waals surface area contributed by atoms with E-state index in [4.69, 9.17) is 4.74 Å². The summed E-state index contributed by atoms with van der Waals surface area (Å²) in [5.41, 5.74) is 0.676. The maximum atomic E-state index is 11.7. The highest BCUT2D eigenvalue weighted by Crippen LogP contribution is 2.22. The highest BCUT2D eigenvalue weighted by atomic mass is 16.6. The van der Waals surface area contributed by atoms with Crippen LogP contribution in [0.1, 0.15) is 26.5 Å². The predicted molar refractivity (Wildman–Crippen MR) is 68.2 cm³/mol. The Morgan fingerprint density at radius 2 is 2.17 bits per heavy atom. The Hall–Kier alpha value is -1.52. The largest absolute Gasteiger partial charge is 0.444 e. The Morgan fingerprint density at radius 3 is 2.67 bits per heavy atom. The van der Waals surface area contributed by atoms with Crippen LogP contribution in [0.5, 0.6) is 0 Å². The summed E-state index contributed by atoms with van der Waals surface area (Å²) < 4.78 is 7.12. The molecule has 5 nitrogen and oxygen atoms in total. The number of likely N-dealkylation sites (tertiary alicyclic amines) is 1. The number of carbonyl (C=O) groups is 1. The molecule has 1 fully saturated rings. The average Bonchev–Trinajstić information content (AvgIpc) is 2.53. The van der Waals surface area contributed by atoms with Gasteiger partial charge in [-0.2, -0.15) is 5.10 Å². The number of ether oxygens (including phenoxy) is 1. The van der Waals surface area contributed by atoms with Crippen LogP contribution < -0.4 is 0 Å². The molecule has 0 bridgehead atoms. The van der Waals surface area contributed by atoms with Crippen LogP contribution in [0.4, 0.5) is 4.79 Å². The first-order valence-corrected chi connectivity index (χ1v) is 6.30. The molecule has 5 heteroatoms. The number of aryl methyl sites for hydroxylation is 1. The number of nitrogens with zero attached hydrogens (tertiary/aromatic N) is 3. The molecule has 100 valence electrons. The van der Waals surface area contributed by atoms with Crippen molar-refractivity contribution in [1.29, 1.82) is 0 Å². The zero-order valence-electron chi connectivity index (χ0n) is 11.5. The molecule has 0 aromatic carbocycles. The van der Waals surface area contributed by atoms with Crippen molar-refractivity contribution in [3.63, 3.8) is 0 Å². The smallest absolute Gasteiger partial charge is 0.410 e. The van der Waals surface area contributed by atoms with Gasteiger partial charge in [0.25, 0.3) is 0 Å². The van der Waals surface area contributed by atoms with Crippen molar-refractivity contribution in [2.45, 2.75) is 32.8 Å². The second-order valence-corrected chi connectivity index (χ2v) is 5.94. The summed E-state index contributed by atoms with van der Waals surface area (Å²) in [6.07, 6.45) is 2.67. The fourth-order valence-corrected chi connectivity index (χ4v) is 2.04. The zero-order valence-corrected chi connectivity index (χ0v) is 11.5. The van der Waals surface area contributed by atoms with E-state index in [2.05, 4.69) is 5.10 Å². The number of hydrogen-bond donors (Lipinski definition) is 0. The van der Waals surface area contributed by atoms with Gasteiger partial charge in [-0.05, 0) is 39.2 Å². The lowest BCUT2D eigenvalue weighted by Crippen LogP contribution is -2.52. The van der Waals surface area contributed by atoms with Crippen LogP contribution >= 0.6 is 0 Å². The molecule has 1 saturated heterocycles. The van der Waals surface area contributed by atoms with E-state index in [1.165, 1.54) is 0 Å². The van der Waals surface area contributed by atoms with E-state index in [0.717, 1.165) is 25.2 Å². The molecule has 1 aliphatic heterocycles. The Kier molecular flexibility index (Phi) is 3.32. The van der Waals surface area contributed by atoms with Crippen LogP contribution in [0.15, 0.2) is 12.3 Å². The van der Waals surface area contributed by atoms with Gasteiger partial charge in [-0.3, -0.25) is 4.68 Å². The molecule has 1 aromatic rings. The van der Waals surface area contributed by atoms with Gasteiger partial charge < -0.3 is 9.64 Å². The highest BCUT2D eigenvalue weighted by Gasteiger charge is 2.33. The Balaban J connectivity index is 1.75. The molecule has 0 saturated carbocycles. The van der Waals surface area contributed by atoms with Crippen LogP contribution in [-0.4, -0.2) is 39.5 Å². The average molecular weight is 251 g/mol. The van der Waals surface area contributed by atoms with E-state index in [0.29, 0.717) is 5.92 Å². The maximum Gasteiger partial charge on any atom is 0.410 e. The van der Waals surface area contributed by atoms with Crippen molar-refractivity contribution in [1.82, 2.24) is 14.7 Å². The molecule has 1 aromatic heterocycles. The summed E-state index contributed by atoms with van der Waals surface area (Å²) in [6.45, 7) is 7.19. The summed E-state index contributed by atoms with van der Waals surface area (Å²) in [5.74, 6) is 0.507. The van der Waals surface area contributed by atoms with Crippen molar-refractivity contribution >= 4 is 6.09 Å². The minimum atomic E-state index is -0.414. The van der Waals surface area contributed by atoms with Gasteiger partial charge in [-0.1, -0.05) is 0 Å². The van der Waals surface area contributed by atoms with E-state index in [9.17, 15) is 4.79 Å². The van der Waals surface area contributed by atoms with Crippen molar-refractivity contribution < 1.29 is 9.53 Å². The van der Waals surface area contributed by atoms with Gasteiger partial charge in [-0.15, -0.1) is 0 Å². The van der Waals surface area contributed by atoms with E-state index >= 15 is 0 Å². The van der Waals surface area contributed by atoms with E-state index in [1.807, 2.05) is 40.1 Å². The van der Waals surface area contributed by atoms with Crippen LogP contribution in [0, 0.1) is 5.92 Å². The van der Waals surface area contributed by atoms with Crippen LogP contribution in [0.3, 0.4) is 0 Å². The van der Waals surface area contributed by atoms with Gasteiger partial charge in [0.05, 0.1) is 5.69 Å². The summed E-state index contributed by atoms with van der Waals surface area (Å²) in [4.78, 5) is 13.5. The molecule has 1 aliphatic rings. The SMILES string of the molecule is Cn1ccc(CC2CN(C(=O)OC(C)(C)C)C2)n1. The Morgan fingerprint density at radius 1 is 1.50 bits per heavy atom. The lowest BCUT2D eigenvalue weighted by Gasteiger charge is -2.39. The molecule has 2 rings (SSSR count). The Bertz CT molecular complexity index is 428. The number of aromatic nitrogens is 2. The highest BCUT2D eigenvalue weighted by molar-refractivity contribution is 5.69. The quantitative estimate of drug-likeness (QED) is 0.805. The zero-order chi connectivity index (χ0) is 13.3. The third kappa shape index (κ3) is 3.24. The predicted octanol–water partition coefficient (Wildman–Crippen LogP) is 1.83. The Labute approximate surface area is 108 Å². The number of hydrogen-bond acceptors (Lipinski definition) is 3. The first kappa shape index (κ1) is 12.9. The molecule has 0 spiro atoms. The molecule has 0 N–H and O–H groups in total. The van der Waals surface area contributed by atoms with Crippen molar-refractivity contribution in [2.75, 3.05) is 13.1 Å². The van der Waals surface area contributed by atoms with Gasteiger partial charge in [-0.25, -0.2) is 4.79 Å². The van der Waals surface area contributed by atoms with Gasteiger partial charge in [0, 0.05) is 26.3 Å². The lowest BCUT2D eigenvalue weighted by atomic mass is 9.95. The topological polar surface area (TPSA) is 47.4 Å². The third-order valence-electron chi connectivity index (χ3n) is 2.88. The first-order chi connectivity index (χ1) is 8.33. The monoisotopic (exact) mass is 251 g/mol. The molecule has 1 amide bonds. The second-order valence-electron chi connectivity index (χ2n) is 5.94. The second kappa shape index (κ2) is 4.63. The fourth-order valence-electron chi connectivity index (χ4n) is 2.04. The molecular weight excluding hydrogens is 230 g/mol. The molecule has 0 aliphatic carbocycles. The van der Waals surface area contributed by atoms with Crippen molar-refractivity contribution in [3.8, 4) is 0 Å². The number of rotatable bonds is 2. The van der Waals surface area contributed by atoms with E-state index in [1.54, 1.807) is 9.58 Å². The number of amides is 1. The maximum absolute atomic E-state index is 11.7. The summed E-state index contributed by atoms with van der Waals surface area (Å²) >= 11 is 0. The van der Waals surface area contributed by atoms with Gasteiger partial charge in [0.1, 0.15) is 5.60 Å². The van der Waals surface area contributed by atoms with E-state index in [-0.39, 0.29) is 6.09 Å². The van der Waals surface area contributed by atoms with Crippen LogP contribution in [-0.2, 0) is 18.2 Å².